The Labute approximate surface area is 75.4 Å². The van der Waals surface area contributed by atoms with E-state index in [1.165, 1.54) is 18.9 Å². The molecule has 12 heavy (non-hydrogen) atoms. The lowest BCUT2D eigenvalue weighted by Gasteiger charge is -2.01. The molecule has 0 unspecified atom stereocenters. The average Bonchev–Trinajstić information content (AvgIpc) is 2.16. The van der Waals surface area contributed by atoms with Crippen LogP contribution in [0.5, 0.6) is 5.88 Å². The number of hydrogen-bond acceptors (Lipinski definition) is 4. The Bertz CT molecular complexity index is 319. The number of nitrogens with zero attached hydrogens (tertiary/aromatic N) is 2. The highest BCUT2D eigenvalue weighted by atomic mass is 32.2. The zero-order chi connectivity index (χ0) is 8.97. The van der Waals surface area contributed by atoms with E-state index in [0.29, 0.717) is 11.4 Å². The fourth-order valence-corrected chi connectivity index (χ4v) is 1.16. The van der Waals surface area contributed by atoms with Crippen LogP contribution >= 0.6 is 11.8 Å². The van der Waals surface area contributed by atoms with E-state index < -0.39 is 0 Å². The largest absolute Gasteiger partial charge is 0.480 e. The molecule has 1 rings (SSSR count). The van der Waals surface area contributed by atoms with Crippen molar-refractivity contribution >= 4 is 11.8 Å². The van der Waals surface area contributed by atoms with Gasteiger partial charge < -0.3 is 4.74 Å². The van der Waals surface area contributed by atoms with Crippen molar-refractivity contribution in [1.29, 1.82) is 5.26 Å². The molecular formula is C8H8N2OS. The van der Waals surface area contributed by atoms with Gasteiger partial charge in [-0.3, -0.25) is 0 Å². The van der Waals surface area contributed by atoms with E-state index in [4.69, 9.17) is 10.00 Å². The molecule has 0 atom stereocenters. The third-order valence-electron chi connectivity index (χ3n) is 1.36. The monoisotopic (exact) mass is 180 g/mol. The van der Waals surface area contributed by atoms with Gasteiger partial charge in [0.25, 0.3) is 0 Å². The van der Waals surface area contributed by atoms with Gasteiger partial charge in [-0.15, -0.1) is 11.8 Å². The molecule has 0 fully saturated rings. The Morgan fingerprint density at radius 2 is 2.33 bits per heavy atom. The van der Waals surface area contributed by atoms with E-state index in [9.17, 15) is 0 Å². The van der Waals surface area contributed by atoms with Crippen LogP contribution in [-0.2, 0) is 0 Å². The molecule has 0 spiro atoms. The molecule has 1 aromatic heterocycles. The van der Waals surface area contributed by atoms with Gasteiger partial charge >= 0.3 is 0 Å². The SMILES string of the molecule is COc1nc(SC)ccc1C#N. The molecule has 0 radical (unpaired) electrons. The summed E-state index contributed by atoms with van der Waals surface area (Å²) >= 11 is 1.52. The van der Waals surface area contributed by atoms with Crippen LogP contribution in [0.25, 0.3) is 0 Å². The number of ether oxygens (including phenoxy) is 1. The zero-order valence-electron chi connectivity index (χ0n) is 6.87. The van der Waals surface area contributed by atoms with E-state index in [1.54, 1.807) is 12.1 Å². The molecule has 0 aliphatic rings. The first-order valence-corrected chi connectivity index (χ1v) is 4.53. The van der Waals surface area contributed by atoms with Crippen molar-refractivity contribution in [2.24, 2.45) is 0 Å². The van der Waals surface area contributed by atoms with Gasteiger partial charge in [0.2, 0.25) is 5.88 Å². The molecule has 0 bridgehead atoms. The Hall–Kier alpha value is -1.21. The molecule has 1 aromatic rings. The van der Waals surface area contributed by atoms with Gasteiger partial charge in [0, 0.05) is 0 Å². The fraction of sp³-hybridized carbons (Fsp3) is 0.250. The van der Waals surface area contributed by atoms with Crippen LogP contribution < -0.4 is 4.74 Å². The molecule has 0 saturated heterocycles. The molecule has 1 heterocycles. The van der Waals surface area contributed by atoms with Crippen LogP contribution in [0.2, 0.25) is 0 Å². The minimum Gasteiger partial charge on any atom is -0.480 e. The highest BCUT2D eigenvalue weighted by Gasteiger charge is 2.03. The molecule has 0 amide bonds. The fourth-order valence-electron chi connectivity index (χ4n) is 0.778. The predicted octanol–water partition coefficient (Wildman–Crippen LogP) is 1.68. The lowest BCUT2D eigenvalue weighted by molar-refractivity contribution is 0.393. The number of methoxy groups -OCH3 is 1. The van der Waals surface area contributed by atoms with Gasteiger partial charge in [-0.05, 0) is 18.4 Å². The Morgan fingerprint density at radius 1 is 1.58 bits per heavy atom. The summed E-state index contributed by atoms with van der Waals surface area (Å²) in [6.45, 7) is 0. The summed E-state index contributed by atoms with van der Waals surface area (Å²) in [4.78, 5) is 4.10. The maximum atomic E-state index is 8.64. The standard InChI is InChI=1S/C8H8N2OS/c1-11-8-6(5-9)3-4-7(10-8)12-2/h3-4H,1-2H3. The van der Waals surface area contributed by atoms with Crippen LogP contribution in [0.15, 0.2) is 17.2 Å². The Balaban J connectivity index is 3.13. The molecule has 3 nitrogen and oxygen atoms in total. The number of rotatable bonds is 2. The van der Waals surface area contributed by atoms with E-state index in [0.717, 1.165) is 5.03 Å². The summed E-state index contributed by atoms with van der Waals surface area (Å²) in [5.74, 6) is 0.393. The average molecular weight is 180 g/mol. The number of hydrogen-bond donors (Lipinski definition) is 0. The number of thioether (sulfide) groups is 1. The van der Waals surface area contributed by atoms with Crippen LogP contribution in [0, 0.1) is 11.3 Å². The highest BCUT2D eigenvalue weighted by Crippen LogP contribution is 2.19. The smallest absolute Gasteiger partial charge is 0.232 e. The van der Waals surface area contributed by atoms with Crippen LogP contribution in [-0.4, -0.2) is 18.3 Å². The lowest BCUT2D eigenvalue weighted by Crippen LogP contribution is -1.92. The molecule has 0 N–H and O–H groups in total. The topological polar surface area (TPSA) is 45.9 Å². The first-order chi connectivity index (χ1) is 5.81. The van der Waals surface area contributed by atoms with Gasteiger partial charge in [0.05, 0.1) is 12.1 Å². The maximum Gasteiger partial charge on any atom is 0.232 e. The molecule has 0 aliphatic heterocycles. The van der Waals surface area contributed by atoms with E-state index >= 15 is 0 Å². The van der Waals surface area contributed by atoms with Crippen LogP contribution in [0.3, 0.4) is 0 Å². The molecule has 0 saturated carbocycles. The second kappa shape index (κ2) is 3.98. The normalized spacial score (nSPS) is 9.08. The summed E-state index contributed by atoms with van der Waals surface area (Å²) in [5.41, 5.74) is 0.468. The third kappa shape index (κ3) is 1.69. The van der Waals surface area contributed by atoms with Crippen molar-refractivity contribution in [3.05, 3.63) is 17.7 Å². The van der Waals surface area contributed by atoms with E-state index in [1.807, 2.05) is 12.3 Å². The minimum atomic E-state index is 0.393. The minimum absolute atomic E-state index is 0.393. The number of aromatic nitrogens is 1. The third-order valence-corrected chi connectivity index (χ3v) is 2.00. The first-order valence-electron chi connectivity index (χ1n) is 3.31. The summed E-state index contributed by atoms with van der Waals surface area (Å²) < 4.78 is 4.93. The summed E-state index contributed by atoms with van der Waals surface area (Å²) in [5, 5.41) is 9.49. The Morgan fingerprint density at radius 3 is 2.83 bits per heavy atom. The second-order valence-electron chi connectivity index (χ2n) is 2.02. The van der Waals surface area contributed by atoms with Gasteiger partial charge in [-0.25, -0.2) is 4.98 Å². The number of nitriles is 1. The van der Waals surface area contributed by atoms with Crippen LogP contribution in [0.1, 0.15) is 5.56 Å². The van der Waals surface area contributed by atoms with Crippen molar-refractivity contribution in [2.75, 3.05) is 13.4 Å². The summed E-state index contributed by atoms with van der Waals surface area (Å²) in [6, 6.07) is 5.50. The van der Waals surface area contributed by atoms with Gasteiger partial charge in [0.1, 0.15) is 11.6 Å². The summed E-state index contributed by atoms with van der Waals surface area (Å²) in [6.07, 6.45) is 1.92. The van der Waals surface area contributed by atoms with E-state index in [2.05, 4.69) is 4.98 Å². The number of pyridine rings is 1. The van der Waals surface area contributed by atoms with E-state index in [-0.39, 0.29) is 0 Å². The lowest BCUT2D eigenvalue weighted by atomic mass is 10.3. The Kier molecular flexibility index (Phi) is 2.94. The molecule has 4 heteroatoms. The van der Waals surface area contributed by atoms with Gasteiger partial charge in [0.15, 0.2) is 0 Å². The van der Waals surface area contributed by atoms with Gasteiger partial charge in [-0.1, -0.05) is 0 Å². The predicted molar refractivity (Wildman–Crippen MR) is 47.3 cm³/mol. The van der Waals surface area contributed by atoms with Crippen molar-refractivity contribution < 1.29 is 4.74 Å². The van der Waals surface area contributed by atoms with Crippen LogP contribution in [0.4, 0.5) is 0 Å². The maximum absolute atomic E-state index is 8.64. The van der Waals surface area contributed by atoms with Crippen molar-refractivity contribution in [3.63, 3.8) is 0 Å². The van der Waals surface area contributed by atoms with Gasteiger partial charge in [-0.2, -0.15) is 5.26 Å². The highest BCUT2D eigenvalue weighted by molar-refractivity contribution is 7.98. The second-order valence-corrected chi connectivity index (χ2v) is 2.85. The first kappa shape index (κ1) is 8.88. The summed E-state index contributed by atoms with van der Waals surface area (Å²) in [7, 11) is 1.51. The molecular weight excluding hydrogens is 172 g/mol. The molecule has 0 aliphatic carbocycles. The molecule has 62 valence electrons. The van der Waals surface area contributed by atoms with Crippen molar-refractivity contribution in [1.82, 2.24) is 4.98 Å². The molecule has 0 aromatic carbocycles. The van der Waals surface area contributed by atoms with Crippen molar-refractivity contribution in [2.45, 2.75) is 5.03 Å². The quantitative estimate of drug-likeness (QED) is 0.650. The van der Waals surface area contributed by atoms with Crippen molar-refractivity contribution in [3.8, 4) is 11.9 Å². The zero-order valence-corrected chi connectivity index (χ0v) is 7.68.